The fourth-order valence-electron chi connectivity index (χ4n) is 8.59. The molecule has 5 fully saturated rings. The number of carbonyl (C=O) groups is 3. The maximum Gasteiger partial charge on any atom is 0.259 e. The lowest BCUT2D eigenvalue weighted by Crippen LogP contribution is -2.73. The monoisotopic (exact) mass is 626 g/mol. The molecule has 2 saturated carbocycles. The Morgan fingerprint density at radius 3 is 2.60 bits per heavy atom. The molecular weight excluding hydrogens is 583 g/mol. The summed E-state index contributed by atoms with van der Waals surface area (Å²) >= 11 is 0. The minimum atomic E-state index is -1.31. The molecule has 1 aromatic rings. The van der Waals surface area contributed by atoms with Gasteiger partial charge in [-0.15, -0.1) is 0 Å². The zero-order chi connectivity index (χ0) is 31.2. The average molecular weight is 627 g/mol. The molecule has 8 atom stereocenters. The highest BCUT2D eigenvalue weighted by Gasteiger charge is 2.60. The highest BCUT2D eigenvalue weighted by molar-refractivity contribution is 6.20. The third kappa shape index (κ3) is 5.38. The highest BCUT2D eigenvalue weighted by Crippen LogP contribution is 2.47. The largest absolute Gasteiger partial charge is 0.493 e. The molecule has 6 aliphatic rings. The van der Waals surface area contributed by atoms with E-state index in [4.69, 9.17) is 18.9 Å². The number of fused-ring (bicyclic) bond motifs is 2. The number of alkyl halides is 1. The summed E-state index contributed by atoms with van der Waals surface area (Å²) in [6, 6.07) is 4.16. The highest BCUT2D eigenvalue weighted by atomic mass is 19.1. The molecule has 12 heteroatoms. The Hall–Kier alpha value is -3.22. The number of nitrogens with one attached hydrogen (secondary N) is 1. The van der Waals surface area contributed by atoms with Crippen molar-refractivity contribution in [2.75, 3.05) is 53.6 Å². The normalized spacial score (nSPS) is 34.8. The number of hydrogen-bond acceptors (Lipinski definition) is 9. The molecule has 7 rings (SSSR count). The Kier molecular flexibility index (Phi) is 8.47. The van der Waals surface area contributed by atoms with Crippen molar-refractivity contribution in [3.63, 3.8) is 0 Å². The lowest BCUT2D eigenvalue weighted by molar-refractivity contribution is -0.210. The van der Waals surface area contributed by atoms with Crippen molar-refractivity contribution in [1.29, 1.82) is 0 Å². The Bertz CT molecular complexity index is 1350. The summed E-state index contributed by atoms with van der Waals surface area (Å²) in [5, 5.41) is 3.11. The number of para-hydroxylation sites is 1. The average Bonchev–Trinajstić information content (AvgIpc) is 3.52. The molecule has 2 aliphatic carbocycles. The first-order chi connectivity index (χ1) is 21.9. The minimum Gasteiger partial charge on any atom is -0.493 e. The number of amides is 2. The molecule has 4 heterocycles. The van der Waals surface area contributed by atoms with Gasteiger partial charge in [-0.1, -0.05) is 18.9 Å². The molecule has 3 saturated heterocycles. The van der Waals surface area contributed by atoms with Crippen molar-refractivity contribution in [1.82, 2.24) is 20.0 Å². The first-order valence-electron chi connectivity index (χ1n) is 16.4. The summed E-state index contributed by atoms with van der Waals surface area (Å²) in [5.41, 5.74) is 0.550. The van der Waals surface area contributed by atoms with E-state index in [9.17, 15) is 14.4 Å². The van der Waals surface area contributed by atoms with Gasteiger partial charge < -0.3 is 34.1 Å². The summed E-state index contributed by atoms with van der Waals surface area (Å²) in [6.45, 7) is 2.85. The second-order valence-electron chi connectivity index (χ2n) is 13.1. The second-order valence-corrected chi connectivity index (χ2v) is 13.1. The van der Waals surface area contributed by atoms with E-state index in [2.05, 4.69) is 15.1 Å². The third-order valence-corrected chi connectivity index (χ3v) is 10.7. The number of halogens is 1. The molecule has 2 amide bonds. The van der Waals surface area contributed by atoms with Gasteiger partial charge in [0.2, 0.25) is 0 Å². The number of ether oxygens (including phenoxy) is 4. The third-order valence-electron chi connectivity index (χ3n) is 10.7. The quantitative estimate of drug-likeness (QED) is 0.474. The summed E-state index contributed by atoms with van der Waals surface area (Å²) in [5.74, 6) is -0.623. The van der Waals surface area contributed by atoms with Gasteiger partial charge in [0.25, 0.3) is 11.8 Å². The lowest BCUT2D eigenvalue weighted by atomic mass is 9.69. The maximum absolute atomic E-state index is 16.4. The van der Waals surface area contributed by atoms with Crippen LogP contribution in [0.25, 0.3) is 0 Å². The summed E-state index contributed by atoms with van der Waals surface area (Å²) in [7, 11) is 3.03. The molecule has 8 unspecified atom stereocenters. The molecule has 1 aromatic carbocycles. The lowest BCUT2D eigenvalue weighted by Gasteiger charge is -2.60. The van der Waals surface area contributed by atoms with Crippen molar-refractivity contribution in [3.8, 4) is 11.5 Å². The van der Waals surface area contributed by atoms with E-state index in [1.165, 1.54) is 14.2 Å². The molecule has 4 aliphatic heterocycles. The summed E-state index contributed by atoms with van der Waals surface area (Å²) in [4.78, 5) is 46.8. The number of morpholine rings is 2. The molecule has 0 aromatic heterocycles. The fourth-order valence-corrected chi connectivity index (χ4v) is 8.59. The fraction of sp³-hybridized carbons (Fsp3) is 0.667. The molecular formula is C33H43FN4O7. The Morgan fingerprint density at radius 2 is 1.82 bits per heavy atom. The van der Waals surface area contributed by atoms with Gasteiger partial charge in [0, 0.05) is 44.3 Å². The smallest absolute Gasteiger partial charge is 0.259 e. The molecule has 0 spiro atoms. The summed E-state index contributed by atoms with van der Waals surface area (Å²) < 4.78 is 39.5. The van der Waals surface area contributed by atoms with Gasteiger partial charge in [0.05, 0.1) is 68.9 Å². The number of rotatable bonds is 6. The van der Waals surface area contributed by atoms with E-state index in [0.29, 0.717) is 62.9 Å². The van der Waals surface area contributed by atoms with Crippen LogP contribution in [0.3, 0.4) is 0 Å². The van der Waals surface area contributed by atoms with Crippen LogP contribution in [-0.4, -0.2) is 128 Å². The standard InChI is InChI=1S/C33H43FN4O7/c1-42-26-9-5-6-20(30(26)43-2)32(40)35-19-10-11-37(17-19)28-23(34)16-21-27-31(28)45-25-8-4-3-7-24(25)38(27)18-22(29(21)39)33(41)36-12-14-44-15-13-36/h5-6,9,18-19,21,23-25,27-28,31H,3-4,7-8,10-17H2,1-2H3,(H,35,40). The van der Waals surface area contributed by atoms with Crippen LogP contribution in [0.15, 0.2) is 30.0 Å². The van der Waals surface area contributed by atoms with Crippen LogP contribution in [0.5, 0.6) is 11.5 Å². The minimum absolute atomic E-state index is 0.0458. The van der Waals surface area contributed by atoms with Crippen molar-refractivity contribution in [2.45, 2.75) is 81.1 Å². The number of hydrogen-bond donors (Lipinski definition) is 1. The number of methoxy groups -OCH3 is 2. The van der Waals surface area contributed by atoms with E-state index in [1.54, 1.807) is 29.3 Å². The first kappa shape index (κ1) is 30.4. The number of carbonyl (C=O) groups excluding carboxylic acids is 3. The zero-order valence-corrected chi connectivity index (χ0v) is 26.0. The van der Waals surface area contributed by atoms with Gasteiger partial charge in [0.15, 0.2) is 17.3 Å². The SMILES string of the molecule is COc1cccc(C(=O)NC2CCN(C3C(F)CC4C(=O)C(C(=O)N5CCOCC5)=CN5C6CCCCC6OC3C45)C2)c1OC. The van der Waals surface area contributed by atoms with Crippen molar-refractivity contribution in [2.24, 2.45) is 5.92 Å². The van der Waals surface area contributed by atoms with Crippen molar-refractivity contribution < 1.29 is 37.7 Å². The van der Waals surface area contributed by atoms with Crippen LogP contribution in [0.2, 0.25) is 0 Å². The molecule has 0 radical (unpaired) electrons. The van der Waals surface area contributed by atoms with Gasteiger partial charge in [-0.05, 0) is 37.8 Å². The predicted molar refractivity (Wildman–Crippen MR) is 161 cm³/mol. The van der Waals surface area contributed by atoms with Crippen LogP contribution < -0.4 is 14.8 Å². The Balaban J connectivity index is 1.12. The van der Waals surface area contributed by atoms with Crippen LogP contribution in [-0.2, 0) is 19.1 Å². The van der Waals surface area contributed by atoms with E-state index < -0.39 is 24.2 Å². The van der Waals surface area contributed by atoms with E-state index >= 15 is 4.39 Å². The van der Waals surface area contributed by atoms with Crippen LogP contribution >= 0.6 is 0 Å². The van der Waals surface area contributed by atoms with Gasteiger partial charge in [-0.25, -0.2) is 4.39 Å². The molecule has 1 N–H and O–H groups in total. The van der Waals surface area contributed by atoms with Crippen LogP contribution in [0.4, 0.5) is 4.39 Å². The predicted octanol–water partition coefficient (Wildman–Crippen LogP) is 1.94. The van der Waals surface area contributed by atoms with Crippen molar-refractivity contribution in [3.05, 3.63) is 35.5 Å². The van der Waals surface area contributed by atoms with Gasteiger partial charge in [0.1, 0.15) is 6.17 Å². The molecule has 244 valence electrons. The summed E-state index contributed by atoms with van der Waals surface area (Å²) in [6.07, 6.45) is 4.46. The van der Waals surface area contributed by atoms with Gasteiger partial charge in [-0.3, -0.25) is 19.3 Å². The number of benzene rings is 1. The number of nitrogens with zero attached hydrogens (tertiary/aromatic N) is 3. The first-order valence-corrected chi connectivity index (χ1v) is 16.4. The second kappa shape index (κ2) is 12.5. The zero-order valence-electron chi connectivity index (χ0n) is 26.0. The van der Waals surface area contributed by atoms with Gasteiger partial charge in [-0.2, -0.15) is 0 Å². The van der Waals surface area contributed by atoms with Crippen LogP contribution in [0.1, 0.15) is 48.9 Å². The molecule has 0 bridgehead atoms. The number of ketones is 1. The van der Waals surface area contributed by atoms with E-state index in [0.717, 1.165) is 25.7 Å². The van der Waals surface area contributed by atoms with E-state index in [1.807, 2.05) is 0 Å². The Labute approximate surface area is 262 Å². The van der Waals surface area contributed by atoms with E-state index in [-0.39, 0.29) is 53.8 Å². The Morgan fingerprint density at radius 1 is 1.02 bits per heavy atom. The van der Waals surface area contributed by atoms with Gasteiger partial charge >= 0.3 is 0 Å². The molecule has 11 nitrogen and oxygen atoms in total. The maximum atomic E-state index is 16.4. The number of Topliss-reactive ketones (excluding diaryl/α,β-unsaturated/α-hetero) is 1. The number of likely N-dealkylation sites (tertiary alicyclic amines) is 1. The molecule has 45 heavy (non-hydrogen) atoms. The van der Waals surface area contributed by atoms with Crippen LogP contribution in [0, 0.1) is 5.92 Å². The van der Waals surface area contributed by atoms with Crippen molar-refractivity contribution >= 4 is 17.6 Å². The topological polar surface area (TPSA) is 110 Å².